The Morgan fingerprint density at radius 1 is 1.22 bits per heavy atom. The third-order valence-corrected chi connectivity index (χ3v) is 4.37. The van der Waals surface area contributed by atoms with E-state index in [0.29, 0.717) is 5.02 Å². The molecule has 0 aromatic heterocycles. The Labute approximate surface area is 143 Å². The topological polar surface area (TPSA) is 64.6 Å². The number of piperidine rings is 1. The van der Waals surface area contributed by atoms with Gasteiger partial charge in [0.15, 0.2) is 0 Å². The van der Waals surface area contributed by atoms with Gasteiger partial charge in [0, 0.05) is 17.6 Å². The lowest BCUT2D eigenvalue weighted by atomic mass is 10.1. The zero-order valence-corrected chi connectivity index (χ0v) is 14.4. The maximum Gasteiger partial charge on any atom is 0.315 e. The Balaban J connectivity index is 1.80. The molecule has 0 bridgehead atoms. The summed E-state index contributed by atoms with van der Waals surface area (Å²) in [5, 5.41) is 15.9. The predicted molar refractivity (Wildman–Crippen MR) is 92.7 cm³/mol. The number of hydrogen-bond donors (Lipinski definition) is 3. The summed E-state index contributed by atoms with van der Waals surface area (Å²) >= 11 is 5.86. The molecule has 1 saturated heterocycles. The molecular weight excluding hydrogens is 314 g/mol. The molecule has 2 amide bonds. The minimum absolute atomic E-state index is 0.0673. The average molecular weight is 340 g/mol. The van der Waals surface area contributed by atoms with Crippen molar-refractivity contribution in [2.24, 2.45) is 0 Å². The van der Waals surface area contributed by atoms with E-state index in [0.717, 1.165) is 25.2 Å². The maximum absolute atomic E-state index is 12.1. The molecule has 2 unspecified atom stereocenters. The van der Waals surface area contributed by atoms with Gasteiger partial charge in [-0.1, -0.05) is 30.2 Å². The van der Waals surface area contributed by atoms with Crippen LogP contribution in [0.25, 0.3) is 0 Å². The molecule has 1 heterocycles. The molecule has 1 aliphatic heterocycles. The molecule has 128 valence electrons. The molecule has 2 atom stereocenters. The first-order chi connectivity index (χ1) is 11.1. The van der Waals surface area contributed by atoms with Gasteiger partial charge in [-0.3, -0.25) is 0 Å². The molecular formula is C17H26ClN3O2. The van der Waals surface area contributed by atoms with E-state index in [-0.39, 0.29) is 18.7 Å². The Morgan fingerprint density at radius 3 is 2.48 bits per heavy atom. The van der Waals surface area contributed by atoms with Crippen LogP contribution in [0.2, 0.25) is 5.02 Å². The standard InChI is InChI=1S/C17H26ClN3O2/c1-13(11-21-9-3-2-4-10-21)19-17(23)20-16(12-22)14-5-7-15(18)8-6-14/h5-8,13,16,22H,2-4,9-12H2,1H3,(H2,19,20,23). The molecule has 1 aliphatic rings. The molecule has 2 rings (SSSR count). The fraction of sp³-hybridized carbons (Fsp3) is 0.588. The van der Waals surface area contributed by atoms with Crippen LogP contribution in [0.3, 0.4) is 0 Å². The van der Waals surface area contributed by atoms with Crippen molar-refractivity contribution in [3.05, 3.63) is 34.9 Å². The molecule has 0 radical (unpaired) electrons. The fourth-order valence-electron chi connectivity index (χ4n) is 2.93. The number of carbonyl (C=O) groups is 1. The number of urea groups is 1. The Morgan fingerprint density at radius 2 is 1.87 bits per heavy atom. The Bertz CT molecular complexity index is 489. The quantitative estimate of drug-likeness (QED) is 0.746. The van der Waals surface area contributed by atoms with E-state index in [1.54, 1.807) is 24.3 Å². The second-order valence-electron chi connectivity index (χ2n) is 6.17. The van der Waals surface area contributed by atoms with Gasteiger partial charge in [-0.15, -0.1) is 0 Å². The van der Waals surface area contributed by atoms with E-state index in [1.165, 1.54) is 19.3 Å². The molecule has 0 spiro atoms. The number of nitrogens with one attached hydrogen (secondary N) is 2. The number of likely N-dealkylation sites (tertiary alicyclic amines) is 1. The zero-order valence-electron chi connectivity index (χ0n) is 13.6. The number of aliphatic hydroxyl groups is 1. The second kappa shape index (κ2) is 9.11. The van der Waals surface area contributed by atoms with Crippen LogP contribution in [0, 0.1) is 0 Å². The van der Waals surface area contributed by atoms with Crippen LogP contribution in [0.4, 0.5) is 4.79 Å². The average Bonchev–Trinajstić information content (AvgIpc) is 2.54. The van der Waals surface area contributed by atoms with Crippen LogP contribution < -0.4 is 10.6 Å². The van der Waals surface area contributed by atoms with Gasteiger partial charge < -0.3 is 20.6 Å². The van der Waals surface area contributed by atoms with Crippen LogP contribution in [-0.2, 0) is 0 Å². The third kappa shape index (κ3) is 6.01. The lowest BCUT2D eigenvalue weighted by molar-refractivity contribution is 0.196. The Kier molecular flexibility index (Phi) is 7.15. The van der Waals surface area contributed by atoms with Crippen molar-refractivity contribution >= 4 is 17.6 Å². The normalized spacial score (nSPS) is 18.2. The van der Waals surface area contributed by atoms with Crippen LogP contribution in [0.5, 0.6) is 0 Å². The van der Waals surface area contributed by atoms with Crippen LogP contribution >= 0.6 is 11.6 Å². The number of halogens is 1. The van der Waals surface area contributed by atoms with E-state index in [4.69, 9.17) is 11.6 Å². The van der Waals surface area contributed by atoms with Crippen LogP contribution in [0.15, 0.2) is 24.3 Å². The molecule has 0 aliphatic carbocycles. The zero-order chi connectivity index (χ0) is 16.7. The van der Waals surface area contributed by atoms with Gasteiger partial charge in [-0.2, -0.15) is 0 Å². The van der Waals surface area contributed by atoms with Crippen LogP contribution in [0.1, 0.15) is 37.8 Å². The van der Waals surface area contributed by atoms with Crippen molar-refractivity contribution < 1.29 is 9.90 Å². The largest absolute Gasteiger partial charge is 0.394 e. The van der Waals surface area contributed by atoms with Crippen LogP contribution in [-0.4, -0.2) is 48.3 Å². The van der Waals surface area contributed by atoms with Gasteiger partial charge in [0.25, 0.3) is 0 Å². The molecule has 0 saturated carbocycles. The minimum atomic E-state index is -0.436. The number of benzene rings is 1. The first-order valence-electron chi connectivity index (χ1n) is 8.24. The van der Waals surface area contributed by atoms with Crippen molar-refractivity contribution in [2.45, 2.75) is 38.3 Å². The summed E-state index contributed by atoms with van der Waals surface area (Å²) < 4.78 is 0. The van der Waals surface area contributed by atoms with Gasteiger partial charge in [-0.05, 0) is 50.6 Å². The van der Waals surface area contributed by atoms with Crippen molar-refractivity contribution in [3.63, 3.8) is 0 Å². The molecule has 5 nitrogen and oxygen atoms in total. The summed E-state index contributed by atoms with van der Waals surface area (Å²) in [6.45, 7) is 4.92. The maximum atomic E-state index is 12.1. The highest BCUT2D eigenvalue weighted by molar-refractivity contribution is 6.30. The van der Waals surface area contributed by atoms with Gasteiger partial charge in [0.1, 0.15) is 0 Å². The van der Waals surface area contributed by atoms with E-state index in [2.05, 4.69) is 15.5 Å². The number of nitrogens with zero attached hydrogens (tertiary/aromatic N) is 1. The molecule has 3 N–H and O–H groups in total. The molecule has 1 fully saturated rings. The van der Waals surface area contributed by atoms with Gasteiger partial charge in [0.05, 0.1) is 12.6 Å². The SMILES string of the molecule is CC(CN1CCCCC1)NC(=O)NC(CO)c1ccc(Cl)cc1. The highest BCUT2D eigenvalue weighted by Gasteiger charge is 2.17. The highest BCUT2D eigenvalue weighted by Crippen LogP contribution is 2.16. The summed E-state index contributed by atoms with van der Waals surface area (Å²) in [5.41, 5.74) is 0.829. The van der Waals surface area contributed by atoms with Gasteiger partial charge >= 0.3 is 6.03 Å². The third-order valence-electron chi connectivity index (χ3n) is 4.12. The summed E-state index contributed by atoms with van der Waals surface area (Å²) in [4.78, 5) is 14.5. The van der Waals surface area contributed by atoms with Gasteiger partial charge in [-0.25, -0.2) is 4.79 Å². The number of carbonyl (C=O) groups excluding carboxylic acids is 1. The molecule has 6 heteroatoms. The van der Waals surface area contributed by atoms with E-state index >= 15 is 0 Å². The predicted octanol–water partition coefficient (Wildman–Crippen LogP) is 2.55. The summed E-state index contributed by atoms with van der Waals surface area (Å²) in [6.07, 6.45) is 3.78. The number of amides is 2. The smallest absolute Gasteiger partial charge is 0.315 e. The minimum Gasteiger partial charge on any atom is -0.394 e. The Hall–Kier alpha value is -1.30. The summed E-state index contributed by atoms with van der Waals surface area (Å²) in [5.74, 6) is 0. The van der Waals surface area contributed by atoms with E-state index in [9.17, 15) is 9.90 Å². The summed E-state index contributed by atoms with van der Waals surface area (Å²) in [6, 6.07) is 6.48. The lowest BCUT2D eigenvalue weighted by Crippen LogP contribution is -2.48. The summed E-state index contributed by atoms with van der Waals surface area (Å²) in [7, 11) is 0. The monoisotopic (exact) mass is 339 g/mol. The van der Waals surface area contributed by atoms with Crippen molar-refractivity contribution in [1.29, 1.82) is 0 Å². The fourth-order valence-corrected chi connectivity index (χ4v) is 3.05. The molecule has 1 aromatic carbocycles. The van der Waals surface area contributed by atoms with E-state index in [1.807, 2.05) is 6.92 Å². The van der Waals surface area contributed by atoms with Crippen molar-refractivity contribution in [3.8, 4) is 0 Å². The molecule has 1 aromatic rings. The highest BCUT2D eigenvalue weighted by atomic mass is 35.5. The lowest BCUT2D eigenvalue weighted by Gasteiger charge is -2.29. The first-order valence-corrected chi connectivity index (χ1v) is 8.62. The molecule has 23 heavy (non-hydrogen) atoms. The second-order valence-corrected chi connectivity index (χ2v) is 6.60. The first kappa shape index (κ1) is 18.0. The van der Waals surface area contributed by atoms with Crippen molar-refractivity contribution in [1.82, 2.24) is 15.5 Å². The number of aliphatic hydroxyl groups excluding tert-OH is 1. The van der Waals surface area contributed by atoms with E-state index < -0.39 is 6.04 Å². The number of hydrogen-bond acceptors (Lipinski definition) is 3. The van der Waals surface area contributed by atoms with Crippen molar-refractivity contribution in [2.75, 3.05) is 26.2 Å². The van der Waals surface area contributed by atoms with Gasteiger partial charge in [0.2, 0.25) is 0 Å². The number of rotatable bonds is 6.